The minimum atomic E-state index is -3.42. The lowest BCUT2D eigenvalue weighted by molar-refractivity contribution is 0.0747. The third kappa shape index (κ3) is 6.23. The molecule has 0 aromatic heterocycles. The average Bonchev–Trinajstić information content (AvgIpc) is 3.14. The first-order valence-corrected chi connectivity index (χ1v) is 14.1. The number of hydrogen-bond acceptors (Lipinski definition) is 6. The molecular weight excluding hydrogens is 480 g/mol. The van der Waals surface area contributed by atoms with Gasteiger partial charge in [0.25, 0.3) is 5.91 Å². The number of sulfone groups is 1. The van der Waals surface area contributed by atoms with Crippen LogP contribution in [0.1, 0.15) is 42.3 Å². The van der Waals surface area contributed by atoms with Crippen molar-refractivity contribution in [2.75, 3.05) is 38.0 Å². The highest BCUT2D eigenvalue weighted by atomic mass is 35.5. The second kappa shape index (κ2) is 10.7. The van der Waals surface area contributed by atoms with Gasteiger partial charge in [-0.05, 0) is 48.4 Å². The summed E-state index contributed by atoms with van der Waals surface area (Å²) in [5.41, 5.74) is 3.38. The van der Waals surface area contributed by atoms with Gasteiger partial charge < -0.3 is 14.5 Å². The van der Waals surface area contributed by atoms with Crippen LogP contribution in [0.4, 0.5) is 5.69 Å². The topological polar surface area (TPSA) is 66.9 Å². The van der Waals surface area contributed by atoms with E-state index in [4.69, 9.17) is 16.3 Å². The van der Waals surface area contributed by atoms with Crippen LogP contribution >= 0.6 is 23.4 Å². The Balaban J connectivity index is 1.88. The molecule has 1 aliphatic rings. The van der Waals surface area contributed by atoms with Crippen LogP contribution in [0.25, 0.3) is 0 Å². The lowest BCUT2D eigenvalue weighted by Crippen LogP contribution is -2.26. The Labute approximate surface area is 206 Å². The number of amides is 1. The Hall–Kier alpha value is -1.74. The smallest absolute Gasteiger partial charge is 0.255 e. The summed E-state index contributed by atoms with van der Waals surface area (Å²) < 4.78 is 29.7. The first-order chi connectivity index (χ1) is 15.5. The minimum Gasteiger partial charge on any atom is -0.380 e. The van der Waals surface area contributed by atoms with Crippen LogP contribution in [0.3, 0.4) is 0 Å². The third-order valence-electron chi connectivity index (χ3n) is 5.44. The van der Waals surface area contributed by atoms with E-state index >= 15 is 0 Å². The first kappa shape index (κ1) is 25.9. The molecule has 1 amide bonds. The molecule has 0 saturated carbocycles. The van der Waals surface area contributed by atoms with Gasteiger partial charge in [-0.25, -0.2) is 8.42 Å². The highest BCUT2D eigenvalue weighted by Crippen LogP contribution is 2.36. The Bertz CT molecular complexity index is 1140. The molecule has 0 saturated heterocycles. The minimum absolute atomic E-state index is 0.150. The van der Waals surface area contributed by atoms with Gasteiger partial charge in [-0.2, -0.15) is 0 Å². The maximum Gasteiger partial charge on any atom is 0.255 e. The van der Waals surface area contributed by atoms with Crippen molar-refractivity contribution in [2.24, 2.45) is 0 Å². The van der Waals surface area contributed by atoms with Gasteiger partial charge in [0, 0.05) is 49.7 Å². The molecule has 1 aliphatic heterocycles. The summed E-state index contributed by atoms with van der Waals surface area (Å²) in [6.45, 7) is 8.92. The molecule has 6 nitrogen and oxygen atoms in total. The fraction of sp³-hybridized carbons (Fsp3) is 0.458. The van der Waals surface area contributed by atoms with Gasteiger partial charge in [0.2, 0.25) is 0 Å². The number of fused-ring (bicyclic) bond motifs is 1. The number of nitrogens with zero attached hydrogens (tertiary/aromatic N) is 2. The first-order valence-electron chi connectivity index (χ1n) is 10.9. The van der Waals surface area contributed by atoms with Gasteiger partial charge in [-0.15, -0.1) is 11.8 Å². The fourth-order valence-corrected chi connectivity index (χ4v) is 5.65. The van der Waals surface area contributed by atoms with E-state index in [0.717, 1.165) is 28.0 Å². The van der Waals surface area contributed by atoms with Crippen molar-refractivity contribution in [1.29, 1.82) is 0 Å². The van der Waals surface area contributed by atoms with Gasteiger partial charge >= 0.3 is 0 Å². The summed E-state index contributed by atoms with van der Waals surface area (Å²) in [6, 6.07) is 8.77. The number of benzene rings is 2. The molecule has 0 atom stereocenters. The number of thioether (sulfide) groups is 1. The zero-order chi connectivity index (χ0) is 24.3. The van der Waals surface area contributed by atoms with Gasteiger partial charge in [0.15, 0.2) is 9.84 Å². The highest BCUT2D eigenvalue weighted by molar-refractivity contribution is 8.00. The summed E-state index contributed by atoms with van der Waals surface area (Å²) in [5.74, 6) is -0.178. The second-order valence-corrected chi connectivity index (χ2v) is 12.5. The molecule has 1 heterocycles. The molecule has 0 bridgehead atoms. The van der Waals surface area contributed by atoms with E-state index < -0.39 is 9.84 Å². The number of halogens is 1. The number of hydrogen-bond donors (Lipinski definition) is 0. The monoisotopic (exact) mass is 510 g/mol. The van der Waals surface area contributed by atoms with E-state index in [1.54, 1.807) is 28.8 Å². The lowest BCUT2D eigenvalue weighted by atomic mass is 10.1. The number of carbonyl (C=O) groups excluding carboxylic acids is 1. The van der Waals surface area contributed by atoms with Crippen molar-refractivity contribution in [1.82, 2.24) is 4.90 Å². The molecule has 3 rings (SSSR count). The van der Waals surface area contributed by atoms with Crippen molar-refractivity contribution in [3.05, 3.63) is 52.0 Å². The summed E-state index contributed by atoms with van der Waals surface area (Å²) in [5, 5.41) is 0.891. The number of carbonyl (C=O) groups is 1. The molecule has 0 spiro atoms. The molecule has 2 aromatic carbocycles. The molecule has 0 unspecified atom stereocenters. The second-order valence-electron chi connectivity index (χ2n) is 8.45. The van der Waals surface area contributed by atoms with E-state index in [9.17, 15) is 13.2 Å². The van der Waals surface area contributed by atoms with Crippen LogP contribution in [0.2, 0.25) is 5.02 Å². The molecule has 0 fully saturated rings. The van der Waals surface area contributed by atoms with Crippen LogP contribution in [0.15, 0.2) is 40.1 Å². The Morgan fingerprint density at radius 1 is 1.21 bits per heavy atom. The number of anilines is 1. The quantitative estimate of drug-likeness (QED) is 0.354. The Kier molecular flexibility index (Phi) is 8.37. The predicted molar refractivity (Wildman–Crippen MR) is 135 cm³/mol. The van der Waals surface area contributed by atoms with Crippen LogP contribution in [-0.4, -0.2) is 57.5 Å². The van der Waals surface area contributed by atoms with Crippen molar-refractivity contribution < 1.29 is 17.9 Å². The van der Waals surface area contributed by atoms with Crippen molar-refractivity contribution >= 4 is 44.8 Å². The van der Waals surface area contributed by atoms with E-state index in [-0.39, 0.29) is 16.1 Å². The zero-order valence-electron chi connectivity index (χ0n) is 19.7. The van der Waals surface area contributed by atoms with Crippen LogP contribution < -0.4 is 4.90 Å². The van der Waals surface area contributed by atoms with Gasteiger partial charge in [-0.1, -0.05) is 25.4 Å². The maximum atomic E-state index is 13.5. The van der Waals surface area contributed by atoms with Gasteiger partial charge in [-0.3, -0.25) is 4.79 Å². The Morgan fingerprint density at radius 3 is 2.48 bits per heavy atom. The van der Waals surface area contributed by atoms with Crippen molar-refractivity contribution in [2.45, 2.75) is 48.9 Å². The fourth-order valence-electron chi connectivity index (χ4n) is 3.74. The van der Waals surface area contributed by atoms with E-state index in [0.29, 0.717) is 43.4 Å². The molecule has 0 N–H and O–H groups in total. The van der Waals surface area contributed by atoms with E-state index in [2.05, 4.69) is 4.90 Å². The molecular formula is C24H31ClN2O4S2. The van der Waals surface area contributed by atoms with Gasteiger partial charge in [0.05, 0.1) is 27.8 Å². The summed E-state index contributed by atoms with van der Waals surface area (Å²) >= 11 is 8.11. The average molecular weight is 511 g/mol. The molecule has 0 radical (unpaired) electrons. The SMILES string of the molecule is CCOCCN(C)c1cc2c(cc1Cl)CN(C(=O)c1cc(S(C)(=O)=O)ccc1SC(C)C)C2. The molecule has 180 valence electrons. The summed E-state index contributed by atoms with van der Waals surface area (Å²) in [7, 11) is -1.46. The van der Waals surface area contributed by atoms with Crippen molar-refractivity contribution in [3.8, 4) is 0 Å². The zero-order valence-corrected chi connectivity index (χ0v) is 22.1. The molecule has 33 heavy (non-hydrogen) atoms. The van der Waals surface area contributed by atoms with E-state index in [1.807, 2.05) is 40.0 Å². The number of rotatable bonds is 9. The summed E-state index contributed by atoms with van der Waals surface area (Å²) in [4.78, 5) is 18.3. The molecule has 0 aliphatic carbocycles. The largest absolute Gasteiger partial charge is 0.380 e. The van der Waals surface area contributed by atoms with Gasteiger partial charge in [0.1, 0.15) is 0 Å². The molecule has 9 heteroatoms. The van der Waals surface area contributed by atoms with Crippen molar-refractivity contribution in [3.63, 3.8) is 0 Å². The number of ether oxygens (including phenoxy) is 1. The van der Waals surface area contributed by atoms with Crippen LogP contribution in [-0.2, 0) is 27.7 Å². The van der Waals surface area contributed by atoms with Crippen LogP contribution in [0, 0.1) is 0 Å². The van der Waals surface area contributed by atoms with E-state index in [1.165, 1.54) is 6.07 Å². The standard InChI is InChI=1S/C24H31ClN2O4S2/c1-6-31-10-9-26(4)22-12-18-15-27(14-17(18)11-21(22)25)24(28)20-13-19(33(5,29)30)7-8-23(20)32-16(2)3/h7-8,11-13,16H,6,9-10,14-15H2,1-5H3. The van der Waals surface area contributed by atoms with Crippen LogP contribution in [0.5, 0.6) is 0 Å². The highest BCUT2D eigenvalue weighted by Gasteiger charge is 2.28. The lowest BCUT2D eigenvalue weighted by Gasteiger charge is -2.21. The summed E-state index contributed by atoms with van der Waals surface area (Å²) in [6.07, 6.45) is 1.16. The molecule has 2 aromatic rings. The third-order valence-corrected chi connectivity index (χ3v) is 7.93. The number of likely N-dealkylation sites (N-methyl/N-ethyl adjacent to an activating group) is 1. The normalized spacial score (nSPS) is 13.5. The maximum absolute atomic E-state index is 13.5. The predicted octanol–water partition coefficient (Wildman–Crippen LogP) is 4.87. The Morgan fingerprint density at radius 2 is 1.88 bits per heavy atom.